The van der Waals surface area contributed by atoms with Crippen LogP contribution in [0.4, 0.5) is 5.95 Å². The van der Waals surface area contributed by atoms with Crippen LogP contribution in [0.2, 0.25) is 0 Å². The van der Waals surface area contributed by atoms with E-state index in [-0.39, 0.29) is 5.91 Å². The van der Waals surface area contributed by atoms with Crippen LogP contribution in [-0.4, -0.2) is 67.5 Å². The van der Waals surface area contributed by atoms with Crippen LogP contribution < -0.4 is 9.64 Å². The highest BCUT2D eigenvalue weighted by atomic mass is 16.5. The molecule has 8 heteroatoms. The summed E-state index contributed by atoms with van der Waals surface area (Å²) in [5.74, 6) is 2.04. The number of carbonyl (C=O) groups excluding carboxylic acids is 1. The highest BCUT2D eigenvalue weighted by Crippen LogP contribution is 2.39. The van der Waals surface area contributed by atoms with Gasteiger partial charge in [-0.05, 0) is 29.3 Å². The Morgan fingerprint density at radius 3 is 2.74 bits per heavy atom. The molecule has 0 N–H and O–H groups in total. The fourth-order valence-corrected chi connectivity index (χ4v) is 3.84. The standard InChI is InChI=1S/C19H24N4O4/c1-14-20-18(21-27-14)23-12-19(13-23,17(24)22-6-8-26-9-7-22)11-15-4-3-5-16(10-15)25-2/h3-5,10H,6-9,11-13H2,1-2H3. The van der Waals surface area contributed by atoms with Crippen molar-refractivity contribution in [3.63, 3.8) is 0 Å². The Morgan fingerprint density at radius 1 is 1.30 bits per heavy atom. The number of carbonyl (C=O) groups is 1. The third kappa shape index (κ3) is 3.49. The van der Waals surface area contributed by atoms with Crippen LogP contribution in [0.15, 0.2) is 28.8 Å². The molecular formula is C19H24N4O4. The molecule has 144 valence electrons. The topological polar surface area (TPSA) is 80.9 Å². The van der Waals surface area contributed by atoms with Gasteiger partial charge in [0.25, 0.3) is 5.95 Å². The van der Waals surface area contributed by atoms with Crippen LogP contribution in [0.25, 0.3) is 0 Å². The van der Waals surface area contributed by atoms with Gasteiger partial charge in [0.15, 0.2) is 0 Å². The molecule has 0 bridgehead atoms. The highest BCUT2D eigenvalue weighted by molar-refractivity contribution is 5.86. The molecule has 8 nitrogen and oxygen atoms in total. The van der Waals surface area contributed by atoms with E-state index in [4.69, 9.17) is 14.0 Å². The summed E-state index contributed by atoms with van der Waals surface area (Å²) in [6.07, 6.45) is 0.647. The second-order valence-electron chi connectivity index (χ2n) is 7.18. The van der Waals surface area contributed by atoms with E-state index in [1.165, 1.54) is 0 Å². The zero-order valence-corrected chi connectivity index (χ0v) is 15.7. The Hall–Kier alpha value is -2.61. The first kappa shape index (κ1) is 17.8. The molecule has 0 spiro atoms. The zero-order chi connectivity index (χ0) is 18.9. The lowest BCUT2D eigenvalue weighted by Crippen LogP contribution is -2.66. The number of hydrogen-bond acceptors (Lipinski definition) is 7. The van der Waals surface area contributed by atoms with Crippen LogP contribution in [0, 0.1) is 12.3 Å². The number of aryl methyl sites for hydroxylation is 1. The monoisotopic (exact) mass is 372 g/mol. The van der Waals surface area contributed by atoms with Crippen molar-refractivity contribution >= 4 is 11.9 Å². The summed E-state index contributed by atoms with van der Waals surface area (Å²) >= 11 is 0. The molecule has 2 aliphatic rings. The van der Waals surface area contributed by atoms with E-state index in [0.717, 1.165) is 11.3 Å². The quantitative estimate of drug-likeness (QED) is 0.782. The van der Waals surface area contributed by atoms with Gasteiger partial charge < -0.3 is 23.8 Å². The Bertz CT molecular complexity index is 810. The number of methoxy groups -OCH3 is 1. The third-order valence-corrected chi connectivity index (χ3v) is 5.22. The fraction of sp³-hybridized carbons (Fsp3) is 0.526. The van der Waals surface area contributed by atoms with Crippen molar-refractivity contribution in [2.75, 3.05) is 51.4 Å². The second-order valence-corrected chi connectivity index (χ2v) is 7.18. The minimum atomic E-state index is -0.502. The summed E-state index contributed by atoms with van der Waals surface area (Å²) in [6.45, 7) is 5.36. The van der Waals surface area contributed by atoms with E-state index >= 15 is 0 Å². The number of amides is 1. The average Bonchev–Trinajstić information content (AvgIpc) is 3.10. The van der Waals surface area contributed by atoms with Gasteiger partial charge in [-0.15, -0.1) is 0 Å². The molecule has 0 atom stereocenters. The fourth-order valence-electron chi connectivity index (χ4n) is 3.84. The van der Waals surface area contributed by atoms with Crippen LogP contribution in [-0.2, 0) is 16.0 Å². The average molecular weight is 372 g/mol. The van der Waals surface area contributed by atoms with Crippen LogP contribution in [0.3, 0.4) is 0 Å². The molecule has 0 saturated carbocycles. The lowest BCUT2D eigenvalue weighted by Gasteiger charge is -2.50. The van der Waals surface area contributed by atoms with Gasteiger partial charge >= 0.3 is 0 Å². The zero-order valence-electron chi connectivity index (χ0n) is 15.7. The molecule has 1 aromatic carbocycles. The number of benzene rings is 1. The molecule has 0 radical (unpaired) electrons. The highest BCUT2D eigenvalue weighted by Gasteiger charge is 2.52. The van der Waals surface area contributed by atoms with Crippen molar-refractivity contribution in [3.05, 3.63) is 35.7 Å². The van der Waals surface area contributed by atoms with Crippen molar-refractivity contribution in [3.8, 4) is 5.75 Å². The van der Waals surface area contributed by atoms with Crippen LogP contribution in [0.1, 0.15) is 11.5 Å². The molecule has 2 aliphatic heterocycles. The van der Waals surface area contributed by atoms with Crippen LogP contribution in [0.5, 0.6) is 5.75 Å². The number of hydrogen-bond donors (Lipinski definition) is 0. The molecular weight excluding hydrogens is 348 g/mol. The molecule has 4 rings (SSSR count). The first-order valence-electron chi connectivity index (χ1n) is 9.15. The predicted molar refractivity (Wildman–Crippen MR) is 97.8 cm³/mol. The van der Waals surface area contributed by atoms with Crippen molar-refractivity contribution in [1.29, 1.82) is 0 Å². The molecule has 27 heavy (non-hydrogen) atoms. The molecule has 2 fully saturated rings. The number of nitrogens with zero attached hydrogens (tertiary/aromatic N) is 4. The molecule has 1 amide bonds. The van der Waals surface area contributed by atoms with Gasteiger partial charge in [-0.3, -0.25) is 4.79 Å². The van der Waals surface area contributed by atoms with Crippen molar-refractivity contribution < 1.29 is 18.8 Å². The van der Waals surface area contributed by atoms with Gasteiger partial charge in [-0.2, -0.15) is 4.98 Å². The summed E-state index contributed by atoms with van der Waals surface area (Å²) in [5.41, 5.74) is 0.581. The summed E-state index contributed by atoms with van der Waals surface area (Å²) < 4.78 is 15.8. The minimum Gasteiger partial charge on any atom is -0.497 e. The van der Waals surface area contributed by atoms with E-state index in [0.29, 0.717) is 57.7 Å². The maximum atomic E-state index is 13.4. The summed E-state index contributed by atoms with van der Waals surface area (Å²) in [7, 11) is 1.65. The molecule has 2 aromatic rings. The van der Waals surface area contributed by atoms with E-state index in [1.54, 1.807) is 14.0 Å². The third-order valence-electron chi connectivity index (χ3n) is 5.22. The lowest BCUT2D eigenvalue weighted by molar-refractivity contribution is -0.148. The van der Waals surface area contributed by atoms with Gasteiger partial charge in [0.2, 0.25) is 11.8 Å². The number of morpholine rings is 1. The molecule has 1 aromatic heterocycles. The van der Waals surface area contributed by atoms with Crippen molar-refractivity contribution in [1.82, 2.24) is 15.0 Å². The first-order valence-corrected chi connectivity index (χ1v) is 9.15. The van der Waals surface area contributed by atoms with Gasteiger partial charge in [0.05, 0.1) is 25.7 Å². The first-order chi connectivity index (χ1) is 13.1. The van der Waals surface area contributed by atoms with E-state index in [1.807, 2.05) is 34.1 Å². The smallest absolute Gasteiger partial charge is 0.266 e. The van der Waals surface area contributed by atoms with Gasteiger partial charge in [0, 0.05) is 33.1 Å². The summed E-state index contributed by atoms with van der Waals surface area (Å²) in [6, 6.07) is 7.91. The molecule has 2 saturated heterocycles. The normalized spacial score (nSPS) is 18.9. The minimum absolute atomic E-state index is 0.171. The van der Waals surface area contributed by atoms with Gasteiger partial charge in [-0.25, -0.2) is 0 Å². The Kier molecular flexibility index (Phi) is 4.73. The number of aromatic nitrogens is 2. The summed E-state index contributed by atoms with van der Waals surface area (Å²) in [5, 5.41) is 3.98. The molecule has 0 aliphatic carbocycles. The molecule has 0 unspecified atom stereocenters. The molecule has 3 heterocycles. The lowest BCUT2D eigenvalue weighted by atomic mass is 9.73. The second kappa shape index (κ2) is 7.19. The maximum absolute atomic E-state index is 13.4. The van der Waals surface area contributed by atoms with Gasteiger partial charge in [0.1, 0.15) is 5.75 Å². The van der Waals surface area contributed by atoms with E-state index in [2.05, 4.69) is 10.1 Å². The maximum Gasteiger partial charge on any atom is 0.266 e. The Balaban J connectivity index is 1.56. The van der Waals surface area contributed by atoms with Gasteiger partial charge in [-0.1, -0.05) is 12.1 Å². The Morgan fingerprint density at radius 2 is 2.07 bits per heavy atom. The summed E-state index contributed by atoms with van der Waals surface area (Å²) in [4.78, 5) is 21.6. The van der Waals surface area contributed by atoms with Crippen molar-refractivity contribution in [2.45, 2.75) is 13.3 Å². The van der Waals surface area contributed by atoms with E-state index < -0.39 is 5.41 Å². The van der Waals surface area contributed by atoms with E-state index in [9.17, 15) is 4.79 Å². The number of ether oxygens (including phenoxy) is 2. The van der Waals surface area contributed by atoms with Crippen molar-refractivity contribution in [2.24, 2.45) is 5.41 Å². The number of rotatable bonds is 5. The number of anilines is 1. The Labute approximate surface area is 158 Å². The largest absolute Gasteiger partial charge is 0.497 e. The van der Waals surface area contributed by atoms with Crippen LogP contribution >= 0.6 is 0 Å². The SMILES string of the molecule is COc1cccc(CC2(C(=O)N3CCOCC3)CN(c3noc(C)n3)C2)c1. The predicted octanol–water partition coefficient (Wildman–Crippen LogP) is 1.29.